The highest BCUT2D eigenvalue weighted by atomic mass is 32.2. The van der Waals surface area contributed by atoms with Crippen molar-refractivity contribution in [2.45, 2.75) is 50.8 Å². The van der Waals surface area contributed by atoms with Crippen LogP contribution in [0.1, 0.15) is 50.5 Å². The smallest absolute Gasteiger partial charge is 0.232 e. The van der Waals surface area contributed by atoms with Crippen molar-refractivity contribution < 1.29 is 9.18 Å². The SMILES string of the molecule is CCCC(C)c1nc(N2CCCN(C(=O)CSc3ccccc3)CC2)c2c(C)nn(-c3ccc(F)cc3)c2n1. The first kappa shape index (κ1) is 27.1. The van der Waals surface area contributed by atoms with Crippen molar-refractivity contribution in [3.05, 3.63) is 71.9 Å². The molecule has 204 valence electrons. The average molecular weight is 547 g/mol. The van der Waals surface area contributed by atoms with Gasteiger partial charge in [-0.05, 0) is 56.2 Å². The minimum absolute atomic E-state index is 0.163. The van der Waals surface area contributed by atoms with E-state index in [1.54, 1.807) is 28.6 Å². The molecule has 5 rings (SSSR count). The molecule has 2 aromatic carbocycles. The molecule has 1 aliphatic heterocycles. The second-order valence-corrected chi connectivity index (χ2v) is 11.1. The predicted octanol–water partition coefficient (Wildman–Crippen LogP) is 6.00. The number of rotatable bonds is 8. The summed E-state index contributed by atoms with van der Waals surface area (Å²) in [5.41, 5.74) is 2.32. The van der Waals surface area contributed by atoms with Crippen LogP contribution in [0.25, 0.3) is 16.7 Å². The lowest BCUT2D eigenvalue weighted by Gasteiger charge is -2.24. The van der Waals surface area contributed by atoms with Crippen molar-refractivity contribution in [3.8, 4) is 5.69 Å². The molecule has 1 fully saturated rings. The number of carbonyl (C=O) groups is 1. The number of fused-ring (bicyclic) bond motifs is 1. The standard InChI is InChI=1S/C30H35FN6OS/c1-4-9-21(2)28-32-29(27-22(3)34-37(30(27)33-28)24-14-12-23(31)13-15-24)36-17-8-16-35(18-19-36)26(38)20-39-25-10-6-5-7-11-25/h5-7,10-15,21H,4,8-9,16-20H2,1-3H3. The van der Waals surface area contributed by atoms with Gasteiger partial charge >= 0.3 is 0 Å². The Morgan fingerprint density at radius 1 is 1.03 bits per heavy atom. The van der Waals surface area contributed by atoms with Crippen LogP contribution in [0.2, 0.25) is 0 Å². The molecule has 0 spiro atoms. The second-order valence-electron chi connectivity index (χ2n) is 10.1. The van der Waals surface area contributed by atoms with E-state index in [0.717, 1.165) is 71.3 Å². The van der Waals surface area contributed by atoms with Crippen LogP contribution in [-0.2, 0) is 4.79 Å². The third kappa shape index (κ3) is 6.08. The molecule has 1 unspecified atom stereocenters. The fourth-order valence-corrected chi connectivity index (χ4v) is 5.91. The lowest BCUT2D eigenvalue weighted by atomic mass is 10.1. The Labute approximate surface area is 233 Å². The van der Waals surface area contributed by atoms with Crippen molar-refractivity contribution in [2.24, 2.45) is 0 Å². The number of nitrogens with zero attached hydrogens (tertiary/aromatic N) is 6. The molecule has 0 radical (unpaired) electrons. The Morgan fingerprint density at radius 2 is 1.79 bits per heavy atom. The van der Waals surface area contributed by atoms with Gasteiger partial charge in [0.2, 0.25) is 5.91 Å². The monoisotopic (exact) mass is 546 g/mol. The zero-order chi connectivity index (χ0) is 27.4. The van der Waals surface area contributed by atoms with Crippen molar-refractivity contribution in [1.82, 2.24) is 24.6 Å². The maximum absolute atomic E-state index is 13.7. The van der Waals surface area contributed by atoms with E-state index in [0.29, 0.717) is 18.8 Å². The number of carbonyl (C=O) groups excluding carboxylic acids is 1. The molecule has 39 heavy (non-hydrogen) atoms. The molecule has 9 heteroatoms. The summed E-state index contributed by atoms with van der Waals surface area (Å²) in [6.45, 7) is 9.16. The second kappa shape index (κ2) is 12.2. The zero-order valence-electron chi connectivity index (χ0n) is 22.8. The molecule has 1 saturated heterocycles. The number of halogens is 1. The van der Waals surface area contributed by atoms with Crippen molar-refractivity contribution >= 4 is 34.5 Å². The summed E-state index contributed by atoms with van der Waals surface area (Å²) in [7, 11) is 0. The van der Waals surface area contributed by atoms with Gasteiger partial charge in [0.05, 0.1) is 22.5 Å². The van der Waals surface area contributed by atoms with E-state index in [4.69, 9.17) is 15.1 Å². The van der Waals surface area contributed by atoms with E-state index in [1.807, 2.05) is 42.2 Å². The molecule has 0 saturated carbocycles. The molecule has 2 aromatic heterocycles. The van der Waals surface area contributed by atoms with Crippen LogP contribution in [0.4, 0.5) is 10.2 Å². The van der Waals surface area contributed by atoms with E-state index < -0.39 is 0 Å². The summed E-state index contributed by atoms with van der Waals surface area (Å²) in [4.78, 5) is 28.5. The van der Waals surface area contributed by atoms with Crippen LogP contribution >= 0.6 is 11.8 Å². The first-order chi connectivity index (χ1) is 18.9. The number of hydrogen-bond acceptors (Lipinski definition) is 6. The fraction of sp³-hybridized carbons (Fsp3) is 0.400. The summed E-state index contributed by atoms with van der Waals surface area (Å²) in [5.74, 6) is 2.16. The molecule has 1 atom stereocenters. The van der Waals surface area contributed by atoms with Gasteiger partial charge in [-0.3, -0.25) is 4.79 Å². The Kier molecular flexibility index (Phi) is 8.45. The number of aromatic nitrogens is 4. The highest BCUT2D eigenvalue weighted by Crippen LogP contribution is 2.32. The highest BCUT2D eigenvalue weighted by molar-refractivity contribution is 8.00. The maximum Gasteiger partial charge on any atom is 0.232 e. The molecule has 1 amide bonds. The van der Waals surface area contributed by atoms with Gasteiger partial charge < -0.3 is 9.80 Å². The van der Waals surface area contributed by atoms with E-state index >= 15 is 0 Å². The maximum atomic E-state index is 13.7. The van der Waals surface area contributed by atoms with Crippen molar-refractivity contribution in [3.63, 3.8) is 0 Å². The number of aryl methyl sites for hydroxylation is 1. The Balaban J connectivity index is 1.44. The first-order valence-electron chi connectivity index (χ1n) is 13.7. The number of thioether (sulfide) groups is 1. The van der Waals surface area contributed by atoms with Gasteiger partial charge in [-0.15, -0.1) is 11.8 Å². The van der Waals surface area contributed by atoms with Crippen LogP contribution in [-0.4, -0.2) is 62.5 Å². The first-order valence-corrected chi connectivity index (χ1v) is 14.7. The highest BCUT2D eigenvalue weighted by Gasteiger charge is 2.26. The Bertz CT molecular complexity index is 1430. The van der Waals surface area contributed by atoms with E-state index in [2.05, 4.69) is 18.7 Å². The third-order valence-electron chi connectivity index (χ3n) is 7.19. The predicted molar refractivity (Wildman–Crippen MR) is 155 cm³/mol. The van der Waals surface area contributed by atoms with Crippen LogP contribution in [0.3, 0.4) is 0 Å². The minimum atomic E-state index is -0.287. The third-order valence-corrected chi connectivity index (χ3v) is 8.18. The molecule has 7 nitrogen and oxygen atoms in total. The Morgan fingerprint density at radius 3 is 2.54 bits per heavy atom. The summed E-state index contributed by atoms with van der Waals surface area (Å²) < 4.78 is 15.5. The van der Waals surface area contributed by atoms with Crippen LogP contribution in [0.5, 0.6) is 0 Å². The van der Waals surface area contributed by atoms with Crippen molar-refractivity contribution in [2.75, 3.05) is 36.8 Å². The topological polar surface area (TPSA) is 67.2 Å². The quantitative estimate of drug-likeness (QED) is 0.253. The lowest BCUT2D eigenvalue weighted by Crippen LogP contribution is -2.36. The zero-order valence-corrected chi connectivity index (χ0v) is 23.6. The molecular formula is C30H35FN6OS. The van der Waals surface area contributed by atoms with Crippen molar-refractivity contribution in [1.29, 1.82) is 0 Å². The van der Waals surface area contributed by atoms with Gasteiger partial charge in [0.25, 0.3) is 0 Å². The van der Waals surface area contributed by atoms with E-state index in [1.165, 1.54) is 12.1 Å². The van der Waals surface area contributed by atoms with Gasteiger partial charge in [0.1, 0.15) is 17.5 Å². The molecular weight excluding hydrogens is 511 g/mol. The summed E-state index contributed by atoms with van der Waals surface area (Å²) in [5, 5.41) is 5.72. The summed E-state index contributed by atoms with van der Waals surface area (Å²) >= 11 is 1.58. The molecule has 0 aliphatic carbocycles. The molecule has 4 aromatic rings. The molecule has 0 N–H and O–H groups in total. The van der Waals surface area contributed by atoms with Gasteiger partial charge in [-0.1, -0.05) is 38.5 Å². The van der Waals surface area contributed by atoms with Gasteiger partial charge in [-0.2, -0.15) is 5.10 Å². The fourth-order valence-electron chi connectivity index (χ4n) is 5.08. The molecule has 3 heterocycles. The Hall–Kier alpha value is -3.46. The number of benzene rings is 2. The molecule has 1 aliphatic rings. The summed E-state index contributed by atoms with van der Waals surface area (Å²) in [6.07, 6.45) is 2.88. The minimum Gasteiger partial charge on any atom is -0.354 e. The van der Waals surface area contributed by atoms with E-state index in [9.17, 15) is 9.18 Å². The van der Waals surface area contributed by atoms with Gasteiger partial charge in [-0.25, -0.2) is 19.0 Å². The largest absolute Gasteiger partial charge is 0.354 e. The normalized spacial score (nSPS) is 15.0. The molecule has 0 bridgehead atoms. The number of anilines is 1. The van der Waals surface area contributed by atoms with Crippen LogP contribution < -0.4 is 4.90 Å². The van der Waals surface area contributed by atoms with Gasteiger partial charge in [0.15, 0.2) is 5.65 Å². The van der Waals surface area contributed by atoms with E-state index in [-0.39, 0.29) is 17.6 Å². The number of hydrogen-bond donors (Lipinski definition) is 0. The van der Waals surface area contributed by atoms with Crippen LogP contribution in [0.15, 0.2) is 59.5 Å². The average Bonchev–Trinajstić information content (AvgIpc) is 3.11. The van der Waals surface area contributed by atoms with Gasteiger partial charge in [0, 0.05) is 37.0 Å². The number of amides is 1. The lowest BCUT2D eigenvalue weighted by molar-refractivity contribution is -0.128. The summed E-state index contributed by atoms with van der Waals surface area (Å²) in [6, 6.07) is 16.4. The van der Waals surface area contributed by atoms with Crippen LogP contribution in [0, 0.1) is 12.7 Å².